The van der Waals surface area contributed by atoms with E-state index in [2.05, 4.69) is 10.3 Å². The molecule has 4 nitrogen and oxygen atoms in total. The number of amides is 1. The number of carbonyl (C=O) groups excluding carboxylic acids is 1. The molecular weight excluding hydrogens is 264 g/mol. The van der Waals surface area contributed by atoms with Crippen LogP contribution in [0.4, 0.5) is 0 Å². The summed E-state index contributed by atoms with van der Waals surface area (Å²) in [5.41, 5.74) is 0.850. The number of aromatic nitrogens is 1. The fourth-order valence-corrected chi connectivity index (χ4v) is 2.07. The highest BCUT2D eigenvalue weighted by molar-refractivity contribution is 6.31. The molecule has 0 spiro atoms. The molecule has 1 aromatic carbocycles. The van der Waals surface area contributed by atoms with Crippen LogP contribution in [-0.4, -0.2) is 10.9 Å². The zero-order chi connectivity index (χ0) is 13.8. The van der Waals surface area contributed by atoms with E-state index in [9.17, 15) is 9.59 Å². The Morgan fingerprint density at radius 3 is 2.74 bits per heavy atom. The number of hydrogen-bond acceptors (Lipinski definition) is 2. The lowest BCUT2D eigenvalue weighted by Gasteiger charge is -2.15. The third-order valence-corrected chi connectivity index (χ3v) is 3.10. The number of carbonyl (C=O) groups is 1. The molecular formula is C14H13ClN2O2. The van der Waals surface area contributed by atoms with Crippen molar-refractivity contribution in [1.29, 1.82) is 0 Å². The molecule has 1 atom stereocenters. The van der Waals surface area contributed by atoms with E-state index in [1.807, 2.05) is 25.1 Å². The molecule has 2 N–H and O–H groups in total. The van der Waals surface area contributed by atoms with E-state index >= 15 is 0 Å². The zero-order valence-electron chi connectivity index (χ0n) is 10.3. The number of rotatable bonds is 3. The number of aromatic amines is 1. The lowest BCUT2D eigenvalue weighted by molar-refractivity contribution is 0.0939. The van der Waals surface area contributed by atoms with E-state index in [0.717, 1.165) is 5.56 Å². The van der Waals surface area contributed by atoms with Crippen molar-refractivity contribution in [3.05, 3.63) is 69.1 Å². The topological polar surface area (TPSA) is 62.0 Å². The van der Waals surface area contributed by atoms with Crippen molar-refractivity contribution in [2.75, 3.05) is 0 Å². The van der Waals surface area contributed by atoms with E-state index in [0.29, 0.717) is 10.6 Å². The summed E-state index contributed by atoms with van der Waals surface area (Å²) in [5.74, 6) is -0.307. The van der Waals surface area contributed by atoms with E-state index in [-0.39, 0.29) is 17.5 Å². The van der Waals surface area contributed by atoms with Gasteiger partial charge in [0.1, 0.15) is 0 Å². The third kappa shape index (κ3) is 3.23. The lowest BCUT2D eigenvalue weighted by atomic mass is 10.1. The molecule has 2 rings (SSSR count). The molecule has 1 unspecified atom stereocenters. The molecule has 19 heavy (non-hydrogen) atoms. The molecule has 0 saturated carbocycles. The quantitative estimate of drug-likeness (QED) is 0.905. The maximum absolute atomic E-state index is 12.0. The van der Waals surface area contributed by atoms with Gasteiger partial charge in [-0.05, 0) is 24.6 Å². The van der Waals surface area contributed by atoms with Crippen molar-refractivity contribution in [3.63, 3.8) is 0 Å². The number of H-pyrrole nitrogens is 1. The van der Waals surface area contributed by atoms with Crippen LogP contribution in [-0.2, 0) is 0 Å². The van der Waals surface area contributed by atoms with Gasteiger partial charge in [-0.25, -0.2) is 0 Å². The van der Waals surface area contributed by atoms with Crippen LogP contribution < -0.4 is 10.9 Å². The van der Waals surface area contributed by atoms with E-state index in [4.69, 9.17) is 11.6 Å². The first-order chi connectivity index (χ1) is 9.08. The average Bonchev–Trinajstić information content (AvgIpc) is 2.39. The first kappa shape index (κ1) is 13.4. The maximum Gasteiger partial charge on any atom is 0.252 e. The summed E-state index contributed by atoms with van der Waals surface area (Å²) in [7, 11) is 0. The van der Waals surface area contributed by atoms with Crippen LogP contribution in [0.25, 0.3) is 0 Å². The first-order valence-corrected chi connectivity index (χ1v) is 6.20. The highest BCUT2D eigenvalue weighted by atomic mass is 35.5. The van der Waals surface area contributed by atoms with Crippen LogP contribution in [0.2, 0.25) is 5.02 Å². The molecule has 0 aliphatic rings. The van der Waals surface area contributed by atoms with Gasteiger partial charge in [0.25, 0.3) is 5.91 Å². The van der Waals surface area contributed by atoms with Crippen LogP contribution in [0, 0.1) is 0 Å². The van der Waals surface area contributed by atoms with Gasteiger partial charge in [0.2, 0.25) is 5.56 Å². The summed E-state index contributed by atoms with van der Waals surface area (Å²) in [6.07, 6.45) is 1.44. The molecule has 0 fully saturated rings. The second-order valence-electron chi connectivity index (χ2n) is 4.16. The van der Waals surface area contributed by atoms with Crippen molar-refractivity contribution in [3.8, 4) is 0 Å². The highest BCUT2D eigenvalue weighted by Crippen LogP contribution is 2.22. The Kier molecular flexibility index (Phi) is 4.02. The molecule has 1 aromatic heterocycles. The molecule has 1 amide bonds. The number of benzene rings is 1. The van der Waals surface area contributed by atoms with Gasteiger partial charge in [0.05, 0.1) is 6.04 Å². The maximum atomic E-state index is 12.0. The Labute approximate surface area is 115 Å². The van der Waals surface area contributed by atoms with Crippen molar-refractivity contribution in [2.24, 2.45) is 0 Å². The SMILES string of the molecule is CC(NC(=O)c1cc[nH]c(=O)c1)c1ccccc1Cl. The third-order valence-electron chi connectivity index (χ3n) is 2.76. The predicted molar refractivity (Wildman–Crippen MR) is 74.4 cm³/mol. The van der Waals surface area contributed by atoms with E-state index in [1.165, 1.54) is 12.3 Å². The molecule has 0 saturated heterocycles. The summed E-state index contributed by atoms with van der Waals surface area (Å²) >= 11 is 6.07. The van der Waals surface area contributed by atoms with Crippen LogP contribution in [0.15, 0.2) is 47.4 Å². The average molecular weight is 277 g/mol. The second-order valence-corrected chi connectivity index (χ2v) is 4.57. The zero-order valence-corrected chi connectivity index (χ0v) is 11.1. The second kappa shape index (κ2) is 5.71. The minimum Gasteiger partial charge on any atom is -0.345 e. The molecule has 0 aliphatic carbocycles. The van der Waals surface area contributed by atoms with Crippen molar-refractivity contribution >= 4 is 17.5 Å². The summed E-state index contributed by atoms with van der Waals surface area (Å²) < 4.78 is 0. The van der Waals surface area contributed by atoms with Crippen LogP contribution >= 0.6 is 11.6 Å². The van der Waals surface area contributed by atoms with Gasteiger partial charge in [-0.1, -0.05) is 29.8 Å². The molecule has 0 radical (unpaired) electrons. The van der Waals surface area contributed by atoms with Gasteiger partial charge in [-0.15, -0.1) is 0 Å². The Balaban J connectivity index is 2.16. The Morgan fingerprint density at radius 2 is 2.05 bits per heavy atom. The summed E-state index contributed by atoms with van der Waals surface area (Å²) in [6, 6.07) is 9.89. The van der Waals surface area contributed by atoms with Crippen LogP contribution in [0.3, 0.4) is 0 Å². The lowest BCUT2D eigenvalue weighted by Crippen LogP contribution is -2.27. The highest BCUT2D eigenvalue weighted by Gasteiger charge is 2.13. The van der Waals surface area contributed by atoms with Gasteiger partial charge in [0, 0.05) is 22.8 Å². The van der Waals surface area contributed by atoms with E-state index in [1.54, 1.807) is 12.1 Å². The monoisotopic (exact) mass is 276 g/mol. The predicted octanol–water partition coefficient (Wildman–Crippen LogP) is 2.52. The molecule has 1 heterocycles. The van der Waals surface area contributed by atoms with Crippen molar-refractivity contribution in [2.45, 2.75) is 13.0 Å². The van der Waals surface area contributed by atoms with Gasteiger partial charge in [0.15, 0.2) is 0 Å². The fraction of sp³-hybridized carbons (Fsp3) is 0.143. The van der Waals surface area contributed by atoms with Crippen LogP contribution in [0.1, 0.15) is 28.9 Å². The summed E-state index contributed by atoms with van der Waals surface area (Å²) in [6.45, 7) is 1.84. The Morgan fingerprint density at radius 1 is 1.32 bits per heavy atom. The Hall–Kier alpha value is -2.07. The largest absolute Gasteiger partial charge is 0.345 e. The molecule has 0 aliphatic heterocycles. The van der Waals surface area contributed by atoms with E-state index < -0.39 is 0 Å². The number of halogens is 1. The summed E-state index contributed by atoms with van der Waals surface area (Å²) in [4.78, 5) is 25.6. The molecule has 5 heteroatoms. The van der Waals surface area contributed by atoms with Gasteiger partial charge >= 0.3 is 0 Å². The fourth-order valence-electron chi connectivity index (χ4n) is 1.77. The number of hydrogen-bond donors (Lipinski definition) is 2. The summed E-state index contributed by atoms with van der Waals surface area (Å²) in [5, 5.41) is 3.40. The normalized spacial score (nSPS) is 11.9. The molecule has 2 aromatic rings. The van der Waals surface area contributed by atoms with Gasteiger partial charge < -0.3 is 10.3 Å². The van der Waals surface area contributed by atoms with Gasteiger partial charge in [-0.3, -0.25) is 9.59 Å². The smallest absolute Gasteiger partial charge is 0.252 e. The molecule has 98 valence electrons. The number of pyridine rings is 1. The molecule has 0 bridgehead atoms. The Bertz CT molecular complexity index is 652. The number of nitrogens with one attached hydrogen (secondary N) is 2. The van der Waals surface area contributed by atoms with Crippen molar-refractivity contribution < 1.29 is 4.79 Å². The minimum absolute atomic E-state index is 0.236. The minimum atomic E-state index is -0.307. The van der Waals surface area contributed by atoms with Crippen LogP contribution in [0.5, 0.6) is 0 Å². The van der Waals surface area contributed by atoms with Gasteiger partial charge in [-0.2, -0.15) is 0 Å². The van der Waals surface area contributed by atoms with Crippen molar-refractivity contribution in [1.82, 2.24) is 10.3 Å². The standard InChI is InChI=1S/C14H13ClN2O2/c1-9(11-4-2-3-5-12(11)15)17-14(19)10-6-7-16-13(18)8-10/h2-9H,1H3,(H,16,18)(H,17,19). The first-order valence-electron chi connectivity index (χ1n) is 5.82.